The van der Waals surface area contributed by atoms with Crippen LogP contribution in [0.3, 0.4) is 0 Å². The molecular weight excluding hydrogens is 488 g/mol. The number of benzene rings is 1. The Hall–Kier alpha value is -0.160. The molecule has 0 radical (unpaired) electrons. The van der Waals surface area contributed by atoms with Crippen molar-refractivity contribution < 1.29 is 27.2 Å². The molecule has 0 unspecified atom stereocenters. The van der Waals surface area contributed by atoms with Crippen LogP contribution in [0.4, 0.5) is 0 Å². The zero-order valence-corrected chi connectivity index (χ0v) is 15.4. The molecule has 1 aromatic carbocycles. The largest absolute Gasteiger partial charge is 0.480 e. The van der Waals surface area contributed by atoms with E-state index in [-0.39, 0.29) is 6.61 Å². The monoisotopic (exact) mass is 494 g/mol. The van der Waals surface area contributed by atoms with Crippen molar-refractivity contribution in [2.75, 3.05) is 19.0 Å². The first-order valence-electron chi connectivity index (χ1n) is 5.07. The highest BCUT2D eigenvalue weighted by atomic mass is 79.9. The van der Waals surface area contributed by atoms with E-state index in [0.717, 1.165) is 4.47 Å². The Morgan fingerprint density at radius 3 is 2.25 bits per heavy atom. The lowest BCUT2D eigenvalue weighted by molar-refractivity contribution is -0.145. The molecule has 20 heavy (non-hydrogen) atoms. The summed E-state index contributed by atoms with van der Waals surface area (Å²) in [6.07, 6.45) is 0. The quantitative estimate of drug-likeness (QED) is 0.481. The summed E-state index contributed by atoms with van der Waals surface area (Å²) in [6, 6.07) is 3.48. The minimum atomic E-state index is -4.14. The van der Waals surface area contributed by atoms with Crippen LogP contribution >= 0.6 is 47.8 Å². The number of ether oxygens (including phenoxy) is 2. The third-order valence-electron chi connectivity index (χ3n) is 1.90. The fraction of sp³-hybridized carbons (Fsp3) is 0.300. The van der Waals surface area contributed by atoms with Gasteiger partial charge in [0, 0.05) is 4.47 Å². The molecule has 0 bridgehead atoms. The van der Waals surface area contributed by atoms with E-state index in [9.17, 15) is 13.2 Å². The summed E-state index contributed by atoms with van der Waals surface area (Å²) in [6.45, 7) is -0.811. The average Bonchev–Trinajstić information content (AvgIpc) is 2.25. The van der Waals surface area contributed by atoms with Gasteiger partial charge >= 0.3 is 5.97 Å². The standard InChI is InChI=1S/C10H9Br3O6S/c11-6-3-7(12)10(8(13)4-6)19-5-9(14)18-1-2-20(15,16)17/h3-4H,1-2,5H2,(H,15,16,17). The Morgan fingerprint density at radius 2 is 1.75 bits per heavy atom. The van der Waals surface area contributed by atoms with Crippen molar-refractivity contribution in [3.63, 3.8) is 0 Å². The summed E-state index contributed by atoms with van der Waals surface area (Å²) in [7, 11) is -4.14. The average molecular weight is 497 g/mol. The number of halogens is 3. The van der Waals surface area contributed by atoms with Crippen molar-refractivity contribution in [2.24, 2.45) is 0 Å². The van der Waals surface area contributed by atoms with Gasteiger partial charge in [0.1, 0.15) is 18.1 Å². The van der Waals surface area contributed by atoms with Gasteiger partial charge < -0.3 is 9.47 Å². The molecular formula is C10H9Br3O6S. The number of rotatable bonds is 6. The van der Waals surface area contributed by atoms with Crippen molar-refractivity contribution in [1.82, 2.24) is 0 Å². The van der Waals surface area contributed by atoms with Crippen LogP contribution < -0.4 is 4.74 Å². The van der Waals surface area contributed by atoms with Crippen molar-refractivity contribution in [1.29, 1.82) is 0 Å². The predicted molar refractivity (Wildman–Crippen MR) is 82.4 cm³/mol. The maximum atomic E-state index is 11.3. The zero-order valence-electron chi connectivity index (χ0n) is 9.81. The van der Waals surface area contributed by atoms with Gasteiger partial charge in [-0.25, -0.2) is 4.79 Å². The maximum absolute atomic E-state index is 11.3. The van der Waals surface area contributed by atoms with Gasteiger partial charge in [0.05, 0.1) is 8.95 Å². The van der Waals surface area contributed by atoms with Crippen LogP contribution in [-0.2, 0) is 19.6 Å². The topological polar surface area (TPSA) is 89.9 Å². The van der Waals surface area contributed by atoms with E-state index in [1.54, 1.807) is 12.1 Å². The molecule has 0 aliphatic heterocycles. The lowest BCUT2D eigenvalue weighted by Gasteiger charge is -2.10. The lowest BCUT2D eigenvalue weighted by Crippen LogP contribution is -2.19. The molecule has 0 saturated carbocycles. The van der Waals surface area contributed by atoms with Gasteiger partial charge in [0.25, 0.3) is 10.1 Å². The summed E-state index contributed by atoms with van der Waals surface area (Å²) >= 11 is 9.85. The first-order chi connectivity index (χ1) is 9.19. The van der Waals surface area contributed by atoms with E-state index in [1.165, 1.54) is 0 Å². The third-order valence-corrected chi connectivity index (χ3v) is 4.22. The third kappa shape index (κ3) is 6.53. The van der Waals surface area contributed by atoms with Crippen LogP contribution in [0.2, 0.25) is 0 Å². The van der Waals surface area contributed by atoms with Crippen molar-refractivity contribution in [2.45, 2.75) is 0 Å². The van der Waals surface area contributed by atoms with Crippen molar-refractivity contribution in [3.05, 3.63) is 25.6 Å². The van der Waals surface area contributed by atoms with E-state index >= 15 is 0 Å². The molecule has 0 amide bonds. The Morgan fingerprint density at radius 1 is 1.20 bits per heavy atom. The first-order valence-corrected chi connectivity index (χ1v) is 9.06. The number of carbonyl (C=O) groups excluding carboxylic acids is 1. The maximum Gasteiger partial charge on any atom is 0.344 e. The molecule has 0 fully saturated rings. The molecule has 0 atom stereocenters. The molecule has 0 heterocycles. The van der Waals surface area contributed by atoms with E-state index in [1.807, 2.05) is 0 Å². The van der Waals surface area contributed by atoms with Crippen molar-refractivity contribution >= 4 is 63.9 Å². The van der Waals surface area contributed by atoms with Crippen LogP contribution in [0.25, 0.3) is 0 Å². The molecule has 0 aliphatic carbocycles. The van der Waals surface area contributed by atoms with Crippen LogP contribution in [0.15, 0.2) is 25.6 Å². The highest BCUT2D eigenvalue weighted by molar-refractivity contribution is 9.11. The predicted octanol–water partition coefficient (Wildman–Crippen LogP) is 2.78. The molecule has 10 heteroatoms. The van der Waals surface area contributed by atoms with Crippen LogP contribution in [-0.4, -0.2) is 37.9 Å². The Labute approximate surface area is 141 Å². The Kier molecular flexibility index (Phi) is 6.92. The molecule has 1 rings (SSSR count). The lowest BCUT2D eigenvalue weighted by atomic mass is 10.3. The summed E-state index contributed by atoms with van der Waals surface area (Å²) < 4.78 is 41.3. The van der Waals surface area contributed by atoms with Gasteiger partial charge in [-0.15, -0.1) is 0 Å². The summed E-state index contributed by atoms with van der Waals surface area (Å²) in [5.41, 5.74) is 0. The van der Waals surface area contributed by atoms with Gasteiger partial charge in [0.15, 0.2) is 6.61 Å². The zero-order chi connectivity index (χ0) is 15.3. The summed E-state index contributed by atoms with van der Waals surface area (Å²) in [5, 5.41) is 0. The number of esters is 1. The van der Waals surface area contributed by atoms with Crippen LogP contribution in [0, 0.1) is 0 Å². The van der Waals surface area contributed by atoms with E-state index < -0.39 is 28.4 Å². The highest BCUT2D eigenvalue weighted by Gasteiger charge is 2.12. The first kappa shape index (κ1) is 17.9. The molecule has 1 aromatic rings. The fourth-order valence-electron chi connectivity index (χ4n) is 1.10. The SMILES string of the molecule is O=C(COc1c(Br)cc(Br)cc1Br)OCCS(=O)(=O)O. The van der Waals surface area contributed by atoms with E-state index in [0.29, 0.717) is 14.7 Å². The second-order valence-corrected chi connectivity index (χ2v) is 7.69. The second-order valence-electron chi connectivity index (χ2n) is 3.49. The molecule has 0 saturated heterocycles. The van der Waals surface area contributed by atoms with E-state index in [4.69, 9.17) is 9.29 Å². The number of carbonyl (C=O) groups is 1. The molecule has 112 valence electrons. The molecule has 0 spiro atoms. The number of hydrogen-bond donors (Lipinski definition) is 1. The van der Waals surface area contributed by atoms with Gasteiger partial charge in [-0.2, -0.15) is 8.42 Å². The van der Waals surface area contributed by atoms with Crippen LogP contribution in [0.5, 0.6) is 5.75 Å². The minimum Gasteiger partial charge on any atom is -0.480 e. The normalized spacial score (nSPS) is 11.2. The Balaban J connectivity index is 2.50. The highest BCUT2D eigenvalue weighted by Crippen LogP contribution is 2.36. The molecule has 1 N–H and O–H groups in total. The summed E-state index contributed by atoms with van der Waals surface area (Å²) in [4.78, 5) is 11.3. The van der Waals surface area contributed by atoms with Crippen molar-refractivity contribution in [3.8, 4) is 5.75 Å². The van der Waals surface area contributed by atoms with Gasteiger partial charge in [-0.3, -0.25) is 4.55 Å². The fourth-order valence-corrected chi connectivity index (χ4v) is 3.88. The molecule has 0 aromatic heterocycles. The van der Waals surface area contributed by atoms with Gasteiger partial charge in [-0.1, -0.05) is 15.9 Å². The Bertz CT molecular complexity index is 578. The summed E-state index contributed by atoms with van der Waals surface area (Å²) in [5.74, 6) is -0.972. The van der Waals surface area contributed by atoms with Crippen LogP contribution in [0.1, 0.15) is 0 Å². The smallest absolute Gasteiger partial charge is 0.344 e. The number of hydrogen-bond acceptors (Lipinski definition) is 5. The van der Waals surface area contributed by atoms with E-state index in [2.05, 4.69) is 52.5 Å². The van der Waals surface area contributed by atoms with Gasteiger partial charge in [-0.05, 0) is 44.0 Å². The minimum absolute atomic E-state index is 0.385. The second kappa shape index (κ2) is 7.74. The molecule has 6 nitrogen and oxygen atoms in total. The van der Waals surface area contributed by atoms with Gasteiger partial charge in [0.2, 0.25) is 0 Å². The molecule has 0 aliphatic rings.